The second-order valence-electron chi connectivity index (χ2n) is 4.72. The Hall–Kier alpha value is -0.290. The number of halogens is 3. The number of rotatable bonds is 5. The van der Waals surface area contributed by atoms with E-state index in [4.69, 9.17) is 5.73 Å². The van der Waals surface area contributed by atoms with E-state index in [1.165, 1.54) is 4.90 Å². The molecular weight excluding hydrogens is 217 g/mol. The average molecular weight is 238 g/mol. The molecule has 0 aromatic rings. The predicted molar refractivity (Wildman–Crippen MR) is 58.1 cm³/mol. The topological polar surface area (TPSA) is 29.3 Å². The highest BCUT2D eigenvalue weighted by Crippen LogP contribution is 2.30. The van der Waals surface area contributed by atoms with E-state index in [-0.39, 0.29) is 13.0 Å². The third-order valence-corrected chi connectivity index (χ3v) is 3.37. The standard InChI is InChI=1S/C11H21F3N2/c1-16(8-9-4-2-3-5-9)10(6-7-15)11(12,13)14/h9-10H,2-8,15H2,1H3. The molecule has 1 aliphatic rings. The molecule has 1 saturated carbocycles. The lowest BCUT2D eigenvalue weighted by atomic mass is 10.1. The van der Waals surface area contributed by atoms with Crippen molar-refractivity contribution in [3.05, 3.63) is 0 Å². The van der Waals surface area contributed by atoms with Gasteiger partial charge in [0.15, 0.2) is 0 Å². The van der Waals surface area contributed by atoms with Crippen molar-refractivity contribution in [3.8, 4) is 0 Å². The van der Waals surface area contributed by atoms with Crippen molar-refractivity contribution in [1.82, 2.24) is 4.90 Å². The Morgan fingerprint density at radius 2 is 1.88 bits per heavy atom. The molecule has 2 N–H and O–H groups in total. The van der Waals surface area contributed by atoms with Crippen LogP contribution in [0.4, 0.5) is 13.2 Å². The molecule has 16 heavy (non-hydrogen) atoms. The van der Waals surface area contributed by atoms with Crippen LogP contribution < -0.4 is 5.73 Å². The second kappa shape index (κ2) is 5.87. The van der Waals surface area contributed by atoms with Crippen LogP contribution >= 0.6 is 0 Å². The molecular formula is C11H21F3N2. The third kappa shape index (κ3) is 3.94. The van der Waals surface area contributed by atoms with Gasteiger partial charge in [-0.1, -0.05) is 12.8 Å². The Labute approximate surface area is 95.0 Å². The molecule has 1 fully saturated rings. The lowest BCUT2D eigenvalue weighted by Gasteiger charge is -2.31. The van der Waals surface area contributed by atoms with Gasteiger partial charge in [0.2, 0.25) is 0 Å². The van der Waals surface area contributed by atoms with Crippen LogP contribution in [0.1, 0.15) is 32.1 Å². The van der Waals surface area contributed by atoms with Gasteiger partial charge in [-0.25, -0.2) is 0 Å². The maximum absolute atomic E-state index is 12.7. The molecule has 0 radical (unpaired) electrons. The lowest BCUT2D eigenvalue weighted by molar-refractivity contribution is -0.182. The fourth-order valence-electron chi connectivity index (χ4n) is 2.52. The van der Waals surface area contributed by atoms with Gasteiger partial charge in [0.05, 0.1) is 0 Å². The number of alkyl halides is 3. The van der Waals surface area contributed by atoms with E-state index in [0.29, 0.717) is 12.5 Å². The van der Waals surface area contributed by atoms with E-state index in [2.05, 4.69) is 0 Å². The molecule has 2 nitrogen and oxygen atoms in total. The summed E-state index contributed by atoms with van der Waals surface area (Å²) in [6.07, 6.45) is 0.284. The van der Waals surface area contributed by atoms with Gasteiger partial charge in [0.25, 0.3) is 0 Å². The largest absolute Gasteiger partial charge is 0.404 e. The number of hydrogen-bond donors (Lipinski definition) is 1. The molecule has 0 saturated heterocycles. The number of hydrogen-bond acceptors (Lipinski definition) is 2. The minimum atomic E-state index is -4.16. The first-order valence-electron chi connectivity index (χ1n) is 5.92. The van der Waals surface area contributed by atoms with Crippen LogP contribution in [0.25, 0.3) is 0 Å². The minimum Gasteiger partial charge on any atom is -0.330 e. The lowest BCUT2D eigenvalue weighted by Crippen LogP contribution is -2.46. The van der Waals surface area contributed by atoms with Crippen molar-refractivity contribution >= 4 is 0 Å². The summed E-state index contributed by atoms with van der Waals surface area (Å²) in [5.41, 5.74) is 5.25. The van der Waals surface area contributed by atoms with E-state index in [1.54, 1.807) is 7.05 Å². The Balaban J connectivity index is 2.49. The van der Waals surface area contributed by atoms with Gasteiger partial charge in [0.1, 0.15) is 6.04 Å². The zero-order valence-corrected chi connectivity index (χ0v) is 9.76. The van der Waals surface area contributed by atoms with Gasteiger partial charge in [0, 0.05) is 6.54 Å². The first-order valence-corrected chi connectivity index (χ1v) is 5.92. The van der Waals surface area contributed by atoms with Crippen LogP contribution in [-0.2, 0) is 0 Å². The Morgan fingerprint density at radius 3 is 2.31 bits per heavy atom. The maximum Gasteiger partial charge on any atom is 0.404 e. The molecule has 1 rings (SSSR count). The molecule has 0 aliphatic heterocycles. The van der Waals surface area contributed by atoms with Crippen LogP contribution in [0.3, 0.4) is 0 Å². The van der Waals surface area contributed by atoms with Crippen molar-refractivity contribution < 1.29 is 13.2 Å². The monoisotopic (exact) mass is 238 g/mol. The fourth-order valence-corrected chi connectivity index (χ4v) is 2.52. The highest BCUT2D eigenvalue weighted by atomic mass is 19.4. The maximum atomic E-state index is 12.7. The molecule has 0 aromatic carbocycles. The van der Waals surface area contributed by atoms with Crippen LogP contribution in [0.15, 0.2) is 0 Å². The zero-order valence-electron chi connectivity index (χ0n) is 9.76. The van der Waals surface area contributed by atoms with Gasteiger partial charge in [-0.05, 0) is 38.8 Å². The van der Waals surface area contributed by atoms with Crippen molar-refractivity contribution in [2.24, 2.45) is 11.7 Å². The van der Waals surface area contributed by atoms with Gasteiger partial charge < -0.3 is 5.73 Å². The predicted octanol–water partition coefficient (Wildman–Crippen LogP) is 2.39. The summed E-state index contributed by atoms with van der Waals surface area (Å²) in [6, 6.07) is -1.38. The van der Waals surface area contributed by atoms with E-state index in [1.807, 2.05) is 0 Å². The normalized spacial score (nSPS) is 20.6. The summed E-state index contributed by atoms with van der Waals surface area (Å²) in [6.45, 7) is 0.628. The summed E-state index contributed by atoms with van der Waals surface area (Å²) in [4.78, 5) is 1.43. The molecule has 0 spiro atoms. The number of nitrogens with two attached hydrogens (primary N) is 1. The van der Waals surface area contributed by atoms with Gasteiger partial charge in [-0.15, -0.1) is 0 Å². The summed E-state index contributed by atoms with van der Waals surface area (Å²) < 4.78 is 38.2. The molecule has 5 heteroatoms. The zero-order chi connectivity index (χ0) is 12.2. The van der Waals surface area contributed by atoms with Crippen molar-refractivity contribution in [2.45, 2.75) is 44.3 Å². The first kappa shape index (κ1) is 13.8. The summed E-state index contributed by atoms with van der Waals surface area (Å²) in [7, 11) is 1.56. The van der Waals surface area contributed by atoms with E-state index in [0.717, 1.165) is 25.7 Å². The van der Waals surface area contributed by atoms with Crippen LogP contribution in [0.5, 0.6) is 0 Å². The fraction of sp³-hybridized carbons (Fsp3) is 1.00. The Morgan fingerprint density at radius 1 is 1.31 bits per heavy atom. The highest BCUT2D eigenvalue weighted by Gasteiger charge is 2.42. The van der Waals surface area contributed by atoms with Crippen molar-refractivity contribution in [2.75, 3.05) is 20.1 Å². The van der Waals surface area contributed by atoms with Gasteiger partial charge >= 0.3 is 6.18 Å². The molecule has 1 atom stereocenters. The molecule has 96 valence electrons. The van der Waals surface area contributed by atoms with Gasteiger partial charge in [-0.3, -0.25) is 4.90 Å². The van der Waals surface area contributed by atoms with E-state index in [9.17, 15) is 13.2 Å². The Bertz CT molecular complexity index is 200. The average Bonchev–Trinajstić information content (AvgIpc) is 2.64. The molecule has 0 heterocycles. The SMILES string of the molecule is CN(CC1CCCC1)C(CCN)C(F)(F)F. The molecule has 0 bridgehead atoms. The molecule has 1 aliphatic carbocycles. The summed E-state index contributed by atoms with van der Waals surface area (Å²) in [5.74, 6) is 0.438. The number of nitrogens with zero attached hydrogens (tertiary/aromatic N) is 1. The van der Waals surface area contributed by atoms with Crippen molar-refractivity contribution in [1.29, 1.82) is 0 Å². The smallest absolute Gasteiger partial charge is 0.330 e. The quantitative estimate of drug-likeness (QED) is 0.797. The molecule has 0 amide bonds. The van der Waals surface area contributed by atoms with Gasteiger partial charge in [-0.2, -0.15) is 13.2 Å². The van der Waals surface area contributed by atoms with Crippen molar-refractivity contribution in [3.63, 3.8) is 0 Å². The van der Waals surface area contributed by atoms with Crippen LogP contribution in [0, 0.1) is 5.92 Å². The van der Waals surface area contributed by atoms with Crippen LogP contribution in [0.2, 0.25) is 0 Å². The van der Waals surface area contributed by atoms with Crippen LogP contribution in [-0.4, -0.2) is 37.3 Å². The van der Waals surface area contributed by atoms with E-state index >= 15 is 0 Å². The second-order valence-corrected chi connectivity index (χ2v) is 4.72. The molecule has 1 unspecified atom stereocenters. The first-order chi connectivity index (χ1) is 7.45. The Kier molecular flexibility index (Phi) is 5.05. The van der Waals surface area contributed by atoms with E-state index < -0.39 is 12.2 Å². The highest BCUT2D eigenvalue weighted by molar-refractivity contribution is 4.80. The summed E-state index contributed by atoms with van der Waals surface area (Å²) >= 11 is 0. The summed E-state index contributed by atoms with van der Waals surface area (Å²) in [5, 5.41) is 0. The third-order valence-electron chi connectivity index (χ3n) is 3.37. The minimum absolute atomic E-state index is 0.00722. The molecule has 0 aromatic heterocycles.